The molecule has 0 saturated heterocycles. The zero-order chi connectivity index (χ0) is 12.0. The summed E-state index contributed by atoms with van der Waals surface area (Å²) in [5.74, 6) is 0.164. The van der Waals surface area contributed by atoms with Crippen LogP contribution >= 0.6 is 11.6 Å². The number of nitro benzene ring substituents is 1. The largest absolute Gasteiger partial charge is 0.484 e. The standard InChI is InChI=1S/C10H12ClNO4/c1-2-15-5-6-16-10-7-8(11)3-4-9(10)12(13)14/h3-4,7H,2,5-6H2,1H3. The fourth-order valence-electron chi connectivity index (χ4n) is 1.11. The summed E-state index contributed by atoms with van der Waals surface area (Å²) in [7, 11) is 0. The van der Waals surface area contributed by atoms with Crippen LogP contribution in [0.2, 0.25) is 5.02 Å². The predicted octanol–water partition coefficient (Wildman–Crippen LogP) is 2.66. The molecule has 0 radical (unpaired) electrons. The molecule has 0 spiro atoms. The van der Waals surface area contributed by atoms with Crippen LogP contribution in [0.1, 0.15) is 6.92 Å². The highest BCUT2D eigenvalue weighted by molar-refractivity contribution is 6.30. The Bertz CT molecular complexity index is 370. The summed E-state index contributed by atoms with van der Waals surface area (Å²) in [6.45, 7) is 3.10. The van der Waals surface area contributed by atoms with Crippen molar-refractivity contribution in [1.29, 1.82) is 0 Å². The normalized spacial score (nSPS) is 10.1. The van der Waals surface area contributed by atoms with Gasteiger partial charge in [-0.3, -0.25) is 10.1 Å². The first-order chi connectivity index (χ1) is 7.65. The molecule has 0 unspecified atom stereocenters. The predicted molar refractivity (Wildman–Crippen MR) is 60.1 cm³/mol. The third-order valence-electron chi connectivity index (χ3n) is 1.81. The molecular formula is C10H12ClNO4. The van der Waals surface area contributed by atoms with Crippen molar-refractivity contribution >= 4 is 17.3 Å². The summed E-state index contributed by atoms with van der Waals surface area (Å²) in [5, 5.41) is 11.1. The van der Waals surface area contributed by atoms with Gasteiger partial charge in [-0.25, -0.2) is 0 Å². The van der Waals surface area contributed by atoms with Gasteiger partial charge in [0.2, 0.25) is 0 Å². The molecule has 16 heavy (non-hydrogen) atoms. The summed E-state index contributed by atoms with van der Waals surface area (Å²) in [6, 6.07) is 4.19. The number of hydrogen-bond donors (Lipinski definition) is 0. The van der Waals surface area contributed by atoms with Gasteiger partial charge in [-0.1, -0.05) is 11.6 Å². The molecule has 0 aliphatic rings. The highest BCUT2D eigenvalue weighted by atomic mass is 35.5. The Balaban J connectivity index is 2.68. The van der Waals surface area contributed by atoms with Crippen LogP contribution in [0.4, 0.5) is 5.69 Å². The summed E-state index contributed by atoms with van der Waals surface area (Å²) >= 11 is 5.73. The number of benzene rings is 1. The van der Waals surface area contributed by atoms with E-state index < -0.39 is 4.92 Å². The van der Waals surface area contributed by atoms with E-state index in [-0.39, 0.29) is 18.0 Å². The first kappa shape index (κ1) is 12.7. The van der Waals surface area contributed by atoms with Crippen LogP contribution in [0.3, 0.4) is 0 Å². The molecule has 0 amide bonds. The zero-order valence-corrected chi connectivity index (χ0v) is 9.57. The van der Waals surface area contributed by atoms with Crippen molar-refractivity contribution < 1.29 is 14.4 Å². The number of nitro groups is 1. The topological polar surface area (TPSA) is 61.6 Å². The number of halogens is 1. The Morgan fingerprint density at radius 2 is 2.19 bits per heavy atom. The first-order valence-corrected chi connectivity index (χ1v) is 5.17. The Morgan fingerprint density at radius 1 is 1.44 bits per heavy atom. The van der Waals surface area contributed by atoms with E-state index in [1.807, 2.05) is 6.92 Å². The van der Waals surface area contributed by atoms with Crippen molar-refractivity contribution in [2.24, 2.45) is 0 Å². The van der Waals surface area contributed by atoms with Crippen molar-refractivity contribution in [2.75, 3.05) is 19.8 Å². The monoisotopic (exact) mass is 245 g/mol. The Labute approximate surface area is 98.1 Å². The van der Waals surface area contributed by atoms with E-state index >= 15 is 0 Å². The SMILES string of the molecule is CCOCCOc1cc(Cl)ccc1[N+](=O)[O-]. The Hall–Kier alpha value is -1.33. The first-order valence-electron chi connectivity index (χ1n) is 4.79. The molecule has 1 rings (SSSR count). The second kappa shape index (κ2) is 6.30. The van der Waals surface area contributed by atoms with E-state index in [1.165, 1.54) is 18.2 Å². The van der Waals surface area contributed by atoms with E-state index in [2.05, 4.69) is 0 Å². The summed E-state index contributed by atoms with van der Waals surface area (Å²) in [5.41, 5.74) is -0.0964. The van der Waals surface area contributed by atoms with Crippen molar-refractivity contribution in [1.82, 2.24) is 0 Å². The summed E-state index contributed by atoms with van der Waals surface area (Å²) in [6.07, 6.45) is 0. The van der Waals surface area contributed by atoms with E-state index in [0.717, 1.165) is 0 Å². The molecule has 5 nitrogen and oxygen atoms in total. The van der Waals surface area contributed by atoms with Crippen LogP contribution in [-0.2, 0) is 4.74 Å². The minimum Gasteiger partial charge on any atom is -0.484 e. The fourth-order valence-corrected chi connectivity index (χ4v) is 1.27. The molecule has 0 aromatic heterocycles. The number of nitrogens with zero attached hydrogens (tertiary/aromatic N) is 1. The molecular weight excluding hydrogens is 234 g/mol. The van der Waals surface area contributed by atoms with Crippen molar-refractivity contribution in [3.8, 4) is 5.75 Å². The van der Waals surface area contributed by atoms with E-state index in [1.54, 1.807) is 0 Å². The lowest BCUT2D eigenvalue weighted by atomic mass is 10.3. The van der Waals surface area contributed by atoms with Gasteiger partial charge in [0.25, 0.3) is 0 Å². The minimum absolute atomic E-state index is 0.0964. The highest BCUT2D eigenvalue weighted by Gasteiger charge is 2.14. The average molecular weight is 246 g/mol. The number of ether oxygens (including phenoxy) is 2. The molecule has 0 bridgehead atoms. The lowest BCUT2D eigenvalue weighted by Crippen LogP contribution is -2.07. The molecule has 6 heteroatoms. The minimum atomic E-state index is -0.508. The van der Waals surface area contributed by atoms with Gasteiger partial charge in [0, 0.05) is 23.8 Å². The molecule has 0 saturated carbocycles. The average Bonchev–Trinajstić information content (AvgIpc) is 2.24. The molecule has 1 aromatic rings. The third-order valence-corrected chi connectivity index (χ3v) is 2.04. The van der Waals surface area contributed by atoms with Crippen molar-refractivity contribution in [2.45, 2.75) is 6.92 Å². The maximum absolute atomic E-state index is 10.7. The maximum Gasteiger partial charge on any atom is 0.311 e. The van der Waals surface area contributed by atoms with Gasteiger partial charge in [0.05, 0.1) is 11.5 Å². The molecule has 0 N–H and O–H groups in total. The second-order valence-corrected chi connectivity index (χ2v) is 3.35. The lowest BCUT2D eigenvalue weighted by molar-refractivity contribution is -0.385. The third kappa shape index (κ3) is 3.67. The fraction of sp³-hybridized carbons (Fsp3) is 0.400. The van der Waals surface area contributed by atoms with Gasteiger partial charge in [-0.2, -0.15) is 0 Å². The van der Waals surface area contributed by atoms with Crippen LogP contribution in [0, 0.1) is 10.1 Å². The quantitative estimate of drug-likeness (QED) is 0.439. The Morgan fingerprint density at radius 3 is 2.81 bits per heavy atom. The van der Waals surface area contributed by atoms with Crippen LogP contribution < -0.4 is 4.74 Å². The van der Waals surface area contributed by atoms with Gasteiger partial charge >= 0.3 is 5.69 Å². The lowest BCUT2D eigenvalue weighted by Gasteiger charge is -2.06. The zero-order valence-electron chi connectivity index (χ0n) is 8.81. The van der Waals surface area contributed by atoms with Gasteiger partial charge < -0.3 is 9.47 Å². The van der Waals surface area contributed by atoms with Crippen LogP contribution in [0.15, 0.2) is 18.2 Å². The smallest absolute Gasteiger partial charge is 0.311 e. The van der Waals surface area contributed by atoms with Gasteiger partial charge in [0.1, 0.15) is 6.61 Å². The molecule has 0 atom stereocenters. The molecule has 0 fully saturated rings. The van der Waals surface area contributed by atoms with E-state index in [9.17, 15) is 10.1 Å². The molecule has 0 aliphatic carbocycles. The van der Waals surface area contributed by atoms with E-state index in [0.29, 0.717) is 18.2 Å². The highest BCUT2D eigenvalue weighted by Crippen LogP contribution is 2.29. The van der Waals surface area contributed by atoms with Gasteiger partial charge in [-0.15, -0.1) is 0 Å². The maximum atomic E-state index is 10.7. The van der Waals surface area contributed by atoms with Crippen molar-refractivity contribution in [3.05, 3.63) is 33.3 Å². The molecule has 1 aromatic carbocycles. The van der Waals surface area contributed by atoms with Gasteiger partial charge in [-0.05, 0) is 13.0 Å². The summed E-state index contributed by atoms with van der Waals surface area (Å²) in [4.78, 5) is 10.2. The molecule has 0 heterocycles. The number of hydrogen-bond acceptors (Lipinski definition) is 4. The van der Waals surface area contributed by atoms with Crippen LogP contribution in [-0.4, -0.2) is 24.7 Å². The molecule has 88 valence electrons. The van der Waals surface area contributed by atoms with Crippen LogP contribution in [0.25, 0.3) is 0 Å². The number of rotatable bonds is 6. The van der Waals surface area contributed by atoms with Crippen LogP contribution in [0.5, 0.6) is 5.75 Å². The van der Waals surface area contributed by atoms with Crippen molar-refractivity contribution in [3.63, 3.8) is 0 Å². The summed E-state index contributed by atoms with van der Waals surface area (Å²) < 4.78 is 10.3. The molecule has 0 aliphatic heterocycles. The second-order valence-electron chi connectivity index (χ2n) is 2.91. The van der Waals surface area contributed by atoms with Gasteiger partial charge in [0.15, 0.2) is 5.75 Å². The Kier molecular flexibility index (Phi) is 5.01. The van der Waals surface area contributed by atoms with E-state index in [4.69, 9.17) is 21.1 Å².